The Labute approximate surface area is 152 Å². The van der Waals surface area contributed by atoms with E-state index in [2.05, 4.69) is 58.2 Å². The standard InChI is InChI=1S/C18H27N7/c1-19-4-7-23(16-19)13-10-22(11-14-24-8-5-20(2)17-24)12-15-25-9-6-21(3)18-25/h4-9H,10-15H2,1-3H3. The molecule has 3 aliphatic rings. The lowest BCUT2D eigenvalue weighted by atomic mass is 10.4. The van der Waals surface area contributed by atoms with Crippen molar-refractivity contribution in [2.24, 2.45) is 0 Å². The molecule has 0 amide bonds. The summed E-state index contributed by atoms with van der Waals surface area (Å²) in [6, 6.07) is 0. The van der Waals surface area contributed by atoms with Gasteiger partial charge in [-0.2, -0.15) is 0 Å². The van der Waals surface area contributed by atoms with Crippen LogP contribution in [0.25, 0.3) is 0 Å². The molecular weight excluding hydrogens is 314 g/mol. The first-order valence-electron chi connectivity index (χ1n) is 8.63. The zero-order valence-electron chi connectivity index (χ0n) is 15.3. The average molecular weight is 341 g/mol. The van der Waals surface area contributed by atoms with Gasteiger partial charge in [0.15, 0.2) is 0 Å². The molecule has 3 heterocycles. The predicted molar refractivity (Wildman–Crippen MR) is 97.0 cm³/mol. The van der Waals surface area contributed by atoms with Gasteiger partial charge in [-0.05, 0) is 0 Å². The highest BCUT2D eigenvalue weighted by Crippen LogP contribution is 2.11. The van der Waals surface area contributed by atoms with E-state index >= 15 is 0 Å². The van der Waals surface area contributed by atoms with E-state index in [-0.39, 0.29) is 0 Å². The van der Waals surface area contributed by atoms with Gasteiger partial charge in [-0.15, -0.1) is 0 Å². The minimum atomic E-state index is 0.938. The van der Waals surface area contributed by atoms with Gasteiger partial charge < -0.3 is 29.4 Å². The van der Waals surface area contributed by atoms with E-state index in [4.69, 9.17) is 0 Å². The van der Waals surface area contributed by atoms with Crippen molar-refractivity contribution in [2.75, 3.05) is 60.4 Å². The summed E-state index contributed by atoms with van der Waals surface area (Å²) >= 11 is 0. The van der Waals surface area contributed by atoms with Crippen LogP contribution in [0.2, 0.25) is 0 Å². The quantitative estimate of drug-likeness (QED) is 0.599. The second-order valence-corrected chi connectivity index (χ2v) is 6.45. The third-order valence-electron chi connectivity index (χ3n) is 4.24. The molecule has 0 aromatic heterocycles. The molecule has 0 atom stereocenters. The molecule has 3 aliphatic heterocycles. The van der Waals surface area contributed by atoms with Crippen LogP contribution in [0.5, 0.6) is 0 Å². The maximum atomic E-state index is 3.26. The molecule has 0 fully saturated rings. The van der Waals surface area contributed by atoms with Crippen LogP contribution in [0.15, 0.2) is 37.2 Å². The number of hydrogen-bond donors (Lipinski definition) is 0. The zero-order valence-corrected chi connectivity index (χ0v) is 15.3. The molecule has 0 spiro atoms. The van der Waals surface area contributed by atoms with Crippen LogP contribution in [0, 0.1) is 20.0 Å². The minimum absolute atomic E-state index is 0.938. The number of nitrogens with zero attached hydrogens (tertiary/aromatic N) is 7. The Bertz CT molecular complexity index is 432. The van der Waals surface area contributed by atoms with Gasteiger partial charge in [-0.25, -0.2) is 0 Å². The Hall–Kier alpha value is -2.02. The highest BCUT2D eigenvalue weighted by Gasteiger charge is 2.17. The fraction of sp³-hybridized carbons (Fsp3) is 0.500. The second-order valence-electron chi connectivity index (χ2n) is 6.45. The lowest BCUT2D eigenvalue weighted by molar-refractivity contribution is 0.206. The van der Waals surface area contributed by atoms with Gasteiger partial charge in [0.05, 0.1) is 0 Å². The third kappa shape index (κ3) is 5.49. The van der Waals surface area contributed by atoms with E-state index in [1.54, 1.807) is 0 Å². The molecule has 0 N–H and O–H groups in total. The molecule has 7 nitrogen and oxygen atoms in total. The van der Waals surface area contributed by atoms with Crippen molar-refractivity contribution < 1.29 is 0 Å². The van der Waals surface area contributed by atoms with Gasteiger partial charge in [-0.3, -0.25) is 4.90 Å². The van der Waals surface area contributed by atoms with Crippen LogP contribution in [-0.4, -0.2) is 94.7 Å². The summed E-state index contributed by atoms with van der Waals surface area (Å²) in [6.07, 6.45) is 12.3. The Kier molecular flexibility index (Phi) is 5.96. The van der Waals surface area contributed by atoms with Crippen molar-refractivity contribution in [3.8, 4) is 0 Å². The summed E-state index contributed by atoms with van der Waals surface area (Å²) in [6.45, 7) is 15.6. The average Bonchev–Trinajstić information content (AvgIpc) is 3.29. The normalized spacial score (nSPS) is 19.7. The second kappa shape index (κ2) is 8.38. The number of hydrogen-bond acceptors (Lipinski definition) is 7. The fourth-order valence-electron chi connectivity index (χ4n) is 2.81. The molecule has 0 saturated heterocycles. The first-order valence-corrected chi connectivity index (χ1v) is 8.63. The summed E-state index contributed by atoms with van der Waals surface area (Å²) in [7, 11) is 5.99. The fourth-order valence-corrected chi connectivity index (χ4v) is 2.81. The Morgan fingerprint density at radius 2 is 0.880 bits per heavy atom. The van der Waals surface area contributed by atoms with Crippen molar-refractivity contribution in [3.05, 3.63) is 57.2 Å². The zero-order chi connectivity index (χ0) is 17.6. The first kappa shape index (κ1) is 17.8. The van der Waals surface area contributed by atoms with Crippen LogP contribution in [0.3, 0.4) is 0 Å². The van der Waals surface area contributed by atoms with Crippen molar-refractivity contribution >= 4 is 0 Å². The van der Waals surface area contributed by atoms with Crippen molar-refractivity contribution in [1.82, 2.24) is 34.3 Å². The Morgan fingerprint density at radius 3 is 1.12 bits per heavy atom. The molecule has 3 rings (SSSR count). The third-order valence-corrected chi connectivity index (χ3v) is 4.24. The summed E-state index contributed by atoms with van der Waals surface area (Å²) in [5.41, 5.74) is 0. The topological polar surface area (TPSA) is 22.7 Å². The molecule has 6 radical (unpaired) electrons. The molecule has 7 heteroatoms. The molecule has 25 heavy (non-hydrogen) atoms. The van der Waals surface area contributed by atoms with Gasteiger partial charge in [0, 0.05) is 97.6 Å². The van der Waals surface area contributed by atoms with Gasteiger partial charge in [0.1, 0.15) is 0 Å². The lowest BCUT2D eigenvalue weighted by Gasteiger charge is -2.28. The molecule has 0 saturated carbocycles. The van der Waals surface area contributed by atoms with Crippen molar-refractivity contribution in [2.45, 2.75) is 0 Å². The van der Waals surface area contributed by atoms with Gasteiger partial charge in [-0.1, -0.05) is 0 Å². The Morgan fingerprint density at radius 1 is 0.560 bits per heavy atom. The van der Waals surface area contributed by atoms with Crippen LogP contribution in [0.4, 0.5) is 0 Å². The summed E-state index contributed by atoms with van der Waals surface area (Å²) in [5.74, 6) is 0. The molecule has 0 aromatic carbocycles. The SMILES string of the molecule is CN1[C]N(CCN(CCN2[C]N(C)C=C2)CCN2[C]N(C)C=C2)C=C1. The van der Waals surface area contributed by atoms with Gasteiger partial charge in [0.25, 0.3) is 0 Å². The van der Waals surface area contributed by atoms with E-state index in [9.17, 15) is 0 Å². The van der Waals surface area contributed by atoms with E-state index < -0.39 is 0 Å². The molecule has 0 aliphatic carbocycles. The predicted octanol–water partition coefficient (Wildman–Crippen LogP) is 0.433. The molecule has 0 bridgehead atoms. The van der Waals surface area contributed by atoms with Crippen LogP contribution >= 0.6 is 0 Å². The van der Waals surface area contributed by atoms with Crippen molar-refractivity contribution in [1.29, 1.82) is 0 Å². The van der Waals surface area contributed by atoms with E-state index in [0.29, 0.717) is 0 Å². The minimum Gasteiger partial charge on any atom is -0.349 e. The van der Waals surface area contributed by atoms with Crippen LogP contribution < -0.4 is 0 Å². The van der Waals surface area contributed by atoms with Crippen molar-refractivity contribution in [3.63, 3.8) is 0 Å². The van der Waals surface area contributed by atoms with Gasteiger partial charge >= 0.3 is 0 Å². The monoisotopic (exact) mass is 341 g/mol. The van der Waals surface area contributed by atoms with Gasteiger partial charge in [0.2, 0.25) is 20.0 Å². The first-order chi connectivity index (χ1) is 12.1. The molecule has 0 aromatic rings. The maximum absolute atomic E-state index is 3.26. The summed E-state index contributed by atoms with van der Waals surface area (Å²) in [4.78, 5) is 14.7. The highest BCUT2D eigenvalue weighted by atomic mass is 15.4. The van der Waals surface area contributed by atoms with E-state index in [1.165, 1.54) is 0 Å². The van der Waals surface area contributed by atoms with E-state index in [0.717, 1.165) is 39.3 Å². The molecular formula is C18H27N7. The highest BCUT2D eigenvalue weighted by molar-refractivity contribution is 4.98. The molecule has 134 valence electrons. The largest absolute Gasteiger partial charge is 0.349 e. The maximum Gasteiger partial charge on any atom is 0.207 e. The van der Waals surface area contributed by atoms with Crippen LogP contribution in [-0.2, 0) is 0 Å². The summed E-state index contributed by atoms with van der Waals surface area (Å²) in [5, 5.41) is 0. The van der Waals surface area contributed by atoms with E-state index in [1.807, 2.05) is 54.4 Å². The lowest BCUT2D eigenvalue weighted by Crippen LogP contribution is -2.40. The summed E-state index contributed by atoms with van der Waals surface area (Å²) < 4.78 is 0. The number of rotatable bonds is 9. The Balaban J connectivity index is 1.43. The van der Waals surface area contributed by atoms with Crippen LogP contribution in [0.1, 0.15) is 0 Å². The molecule has 0 unspecified atom stereocenters. The smallest absolute Gasteiger partial charge is 0.207 e.